The molecule has 0 aliphatic carbocycles. The summed E-state index contributed by atoms with van der Waals surface area (Å²) in [5.41, 5.74) is 0.963. The monoisotopic (exact) mass is 445 g/mol. The van der Waals surface area contributed by atoms with Gasteiger partial charge in [0.2, 0.25) is 0 Å². The number of piperidine rings is 1. The van der Waals surface area contributed by atoms with Gasteiger partial charge in [0.15, 0.2) is 5.69 Å². The first kappa shape index (κ1) is 24.5. The van der Waals surface area contributed by atoms with Gasteiger partial charge in [-0.15, -0.1) is 12.4 Å². The molecule has 0 unspecified atom stereocenters. The lowest BCUT2D eigenvalue weighted by molar-refractivity contribution is -0.0162. The summed E-state index contributed by atoms with van der Waals surface area (Å²) in [6.07, 6.45) is 1.34. The van der Waals surface area contributed by atoms with Crippen LogP contribution in [-0.4, -0.2) is 66.5 Å². The lowest BCUT2D eigenvalue weighted by Crippen LogP contribution is -2.51. The van der Waals surface area contributed by atoms with Crippen molar-refractivity contribution in [2.75, 3.05) is 44.7 Å². The Kier molecular flexibility index (Phi) is 8.69. The summed E-state index contributed by atoms with van der Waals surface area (Å²) in [6.45, 7) is 10.4. The van der Waals surface area contributed by atoms with Crippen LogP contribution in [0, 0.1) is 6.57 Å². The molecule has 0 atom stereocenters. The second-order valence-electron chi connectivity index (χ2n) is 7.73. The number of hydrogen-bond acceptors (Lipinski definition) is 5. The lowest BCUT2D eigenvalue weighted by Gasteiger charge is -2.40. The van der Waals surface area contributed by atoms with E-state index >= 15 is 0 Å². The summed E-state index contributed by atoms with van der Waals surface area (Å²) in [6, 6.07) is 13.8. The molecule has 1 aliphatic rings. The molecule has 0 saturated carbocycles. The van der Waals surface area contributed by atoms with Crippen LogP contribution in [0.4, 0.5) is 11.4 Å². The second kappa shape index (κ2) is 11.0. The third kappa shape index (κ3) is 6.86. The molecule has 7 nitrogen and oxygen atoms in total. The van der Waals surface area contributed by atoms with E-state index in [1.165, 1.54) is 0 Å². The van der Waals surface area contributed by atoms with Gasteiger partial charge in [-0.25, -0.2) is 9.64 Å². The quantitative estimate of drug-likeness (QED) is 0.603. The van der Waals surface area contributed by atoms with Gasteiger partial charge in [0, 0.05) is 38.9 Å². The van der Waals surface area contributed by atoms with Gasteiger partial charge in [0.25, 0.3) is 0 Å². The molecule has 0 spiro atoms. The summed E-state index contributed by atoms with van der Waals surface area (Å²) in [4.78, 5) is 18.6. The average Bonchev–Trinajstić information content (AvgIpc) is 2.75. The fourth-order valence-electron chi connectivity index (χ4n) is 3.65. The zero-order valence-corrected chi connectivity index (χ0v) is 18.3. The minimum Gasteiger partial charge on any atom is -0.492 e. The molecule has 1 saturated heterocycles. The minimum atomic E-state index is -0.945. The number of ether oxygens (including phenoxy) is 1. The van der Waals surface area contributed by atoms with Crippen molar-refractivity contribution in [2.24, 2.45) is 0 Å². The Balaban J connectivity index is 0.00000341. The van der Waals surface area contributed by atoms with Crippen LogP contribution in [0.1, 0.15) is 23.2 Å². The molecule has 1 aliphatic heterocycles. The lowest BCUT2D eigenvalue weighted by atomic mass is 9.90. The van der Waals surface area contributed by atoms with E-state index in [4.69, 9.17) is 16.4 Å². The van der Waals surface area contributed by atoms with Gasteiger partial charge in [0.1, 0.15) is 12.4 Å². The Morgan fingerprint density at radius 2 is 1.77 bits per heavy atom. The maximum absolute atomic E-state index is 11.0. The molecule has 2 aromatic rings. The fourth-order valence-corrected chi connectivity index (χ4v) is 3.65. The van der Waals surface area contributed by atoms with Crippen molar-refractivity contribution >= 4 is 29.8 Å². The standard InChI is InChI=1S/C23H27N3O4.ClH/c1-24-19-5-9-21(10-6-19)30-16-15-26-13-11-23(29,12-14-26)17-25(2)20-7-3-18(4-8-20)22(27)28;/h3-10,29H,11-17H2,2H3,(H,27,28);1H. The zero-order chi connectivity index (χ0) is 21.6. The normalized spacial score (nSPS) is 15.4. The van der Waals surface area contributed by atoms with E-state index in [1.807, 2.05) is 11.9 Å². The van der Waals surface area contributed by atoms with Crippen LogP contribution in [0.5, 0.6) is 5.75 Å². The van der Waals surface area contributed by atoms with Crippen molar-refractivity contribution in [3.05, 3.63) is 65.5 Å². The second-order valence-corrected chi connectivity index (χ2v) is 7.73. The van der Waals surface area contributed by atoms with E-state index in [-0.39, 0.29) is 18.0 Å². The first-order chi connectivity index (χ1) is 14.4. The Labute approximate surface area is 189 Å². The molecule has 2 aromatic carbocycles. The van der Waals surface area contributed by atoms with Gasteiger partial charge in [-0.2, -0.15) is 0 Å². The number of carboxylic acids is 1. The van der Waals surface area contributed by atoms with E-state index in [0.717, 1.165) is 31.1 Å². The van der Waals surface area contributed by atoms with Gasteiger partial charge in [0.05, 0.1) is 17.7 Å². The molecule has 1 fully saturated rings. The van der Waals surface area contributed by atoms with Gasteiger partial charge >= 0.3 is 5.97 Å². The number of carboxylic acid groups (broad SMARTS) is 1. The van der Waals surface area contributed by atoms with Gasteiger partial charge in [-0.3, -0.25) is 4.90 Å². The van der Waals surface area contributed by atoms with Crippen molar-refractivity contribution in [3.63, 3.8) is 0 Å². The molecule has 2 N–H and O–H groups in total. The first-order valence-corrected chi connectivity index (χ1v) is 9.98. The highest BCUT2D eigenvalue weighted by Crippen LogP contribution is 2.26. The summed E-state index contributed by atoms with van der Waals surface area (Å²) in [7, 11) is 1.91. The molecule has 1 heterocycles. The molecule has 0 bridgehead atoms. The van der Waals surface area contributed by atoms with Crippen molar-refractivity contribution in [2.45, 2.75) is 18.4 Å². The predicted molar refractivity (Wildman–Crippen MR) is 123 cm³/mol. The number of likely N-dealkylation sites (tertiary alicyclic amines) is 1. The first-order valence-electron chi connectivity index (χ1n) is 9.98. The van der Waals surface area contributed by atoms with Gasteiger partial charge in [-0.1, -0.05) is 12.1 Å². The topological polar surface area (TPSA) is 77.6 Å². The molecule has 0 aromatic heterocycles. The zero-order valence-electron chi connectivity index (χ0n) is 17.5. The van der Waals surface area contributed by atoms with E-state index in [0.29, 0.717) is 31.7 Å². The number of halogens is 1. The number of benzene rings is 2. The Bertz CT molecular complexity index is 889. The van der Waals surface area contributed by atoms with Crippen LogP contribution in [0.25, 0.3) is 4.85 Å². The minimum absolute atomic E-state index is 0. The summed E-state index contributed by atoms with van der Waals surface area (Å²) < 4.78 is 5.75. The van der Waals surface area contributed by atoms with E-state index < -0.39 is 11.6 Å². The summed E-state index contributed by atoms with van der Waals surface area (Å²) >= 11 is 0. The molecule has 3 rings (SSSR count). The fraction of sp³-hybridized carbons (Fsp3) is 0.391. The molecule has 0 radical (unpaired) electrons. The Hall–Kier alpha value is -2.79. The van der Waals surface area contributed by atoms with Crippen LogP contribution in [0.15, 0.2) is 48.5 Å². The number of nitrogens with zero attached hydrogens (tertiary/aromatic N) is 3. The van der Waals surface area contributed by atoms with E-state index in [1.54, 1.807) is 48.5 Å². The average molecular weight is 446 g/mol. The number of rotatable bonds is 8. The van der Waals surface area contributed by atoms with Crippen LogP contribution in [0.3, 0.4) is 0 Å². The molecular formula is C23H28ClN3O4. The number of hydrogen-bond donors (Lipinski definition) is 2. The number of anilines is 1. The molecule has 31 heavy (non-hydrogen) atoms. The van der Waals surface area contributed by atoms with Gasteiger partial charge in [-0.05, 0) is 49.2 Å². The third-order valence-corrected chi connectivity index (χ3v) is 5.52. The van der Waals surface area contributed by atoms with Crippen molar-refractivity contribution in [1.82, 2.24) is 4.90 Å². The molecule has 8 heteroatoms. The number of aromatic carboxylic acids is 1. The summed E-state index contributed by atoms with van der Waals surface area (Å²) in [5, 5.41) is 20.0. The summed E-state index contributed by atoms with van der Waals surface area (Å²) in [5.74, 6) is -0.189. The van der Waals surface area contributed by atoms with E-state index in [2.05, 4.69) is 9.74 Å². The maximum atomic E-state index is 11.0. The molecule has 0 amide bonds. The third-order valence-electron chi connectivity index (χ3n) is 5.52. The highest BCUT2D eigenvalue weighted by atomic mass is 35.5. The predicted octanol–water partition coefficient (Wildman–Crippen LogP) is 3.70. The van der Waals surface area contributed by atoms with Crippen molar-refractivity contribution < 1.29 is 19.7 Å². The number of likely N-dealkylation sites (N-methyl/N-ethyl adjacent to an activating group) is 1. The van der Waals surface area contributed by atoms with E-state index in [9.17, 15) is 9.90 Å². The Morgan fingerprint density at radius 1 is 1.16 bits per heavy atom. The number of carbonyl (C=O) groups is 1. The Morgan fingerprint density at radius 3 is 2.32 bits per heavy atom. The van der Waals surface area contributed by atoms with Gasteiger partial charge < -0.3 is 19.8 Å². The maximum Gasteiger partial charge on any atom is 0.335 e. The molecule has 166 valence electrons. The van der Waals surface area contributed by atoms with Crippen LogP contribution in [-0.2, 0) is 0 Å². The highest BCUT2D eigenvalue weighted by Gasteiger charge is 2.33. The van der Waals surface area contributed by atoms with Crippen LogP contribution < -0.4 is 9.64 Å². The smallest absolute Gasteiger partial charge is 0.335 e. The van der Waals surface area contributed by atoms with Crippen LogP contribution >= 0.6 is 12.4 Å². The van der Waals surface area contributed by atoms with Crippen LogP contribution in [0.2, 0.25) is 0 Å². The van der Waals surface area contributed by atoms with Crippen molar-refractivity contribution in [1.29, 1.82) is 0 Å². The largest absolute Gasteiger partial charge is 0.492 e. The number of aliphatic hydroxyl groups is 1. The van der Waals surface area contributed by atoms with Crippen molar-refractivity contribution in [3.8, 4) is 5.75 Å². The SMILES string of the molecule is Cl.[C-]#[N+]c1ccc(OCCN2CCC(O)(CN(C)c3ccc(C(=O)O)cc3)CC2)cc1. The molecular weight excluding hydrogens is 418 g/mol. The highest BCUT2D eigenvalue weighted by molar-refractivity contribution is 5.88.